The highest BCUT2D eigenvalue weighted by atomic mass is 31.2. The summed E-state index contributed by atoms with van der Waals surface area (Å²) in [6.45, 7) is 6.93. The zero-order chi connectivity index (χ0) is 38.3. The summed E-state index contributed by atoms with van der Waals surface area (Å²) < 4.78 is 35.7. The Labute approximate surface area is 324 Å². The van der Waals surface area contributed by atoms with Gasteiger partial charge in [-0.2, -0.15) is 0 Å². The first-order valence-electron chi connectivity index (χ1n) is 22.1. The van der Waals surface area contributed by atoms with Crippen LogP contribution in [0.25, 0.3) is 0 Å². The lowest BCUT2D eigenvalue weighted by Crippen LogP contribution is -2.37. The predicted molar refractivity (Wildman–Crippen MR) is 224 cm³/mol. The van der Waals surface area contributed by atoms with Crippen molar-refractivity contribution in [2.75, 3.05) is 60.7 Å². The van der Waals surface area contributed by atoms with Gasteiger partial charge in [-0.25, -0.2) is 4.57 Å². The number of phosphoric acid groups is 1. The molecule has 8 heteroatoms. The van der Waals surface area contributed by atoms with E-state index in [0.29, 0.717) is 30.8 Å². The number of nitrogens with zero attached hydrogens (tertiary/aromatic N) is 1. The van der Waals surface area contributed by atoms with E-state index in [1.165, 1.54) is 154 Å². The lowest BCUT2D eigenvalue weighted by Gasteiger charge is -2.24. The summed E-state index contributed by atoms with van der Waals surface area (Å²) >= 11 is 0. The van der Waals surface area contributed by atoms with Gasteiger partial charge in [0.1, 0.15) is 19.3 Å². The fourth-order valence-corrected chi connectivity index (χ4v) is 6.80. The van der Waals surface area contributed by atoms with Crippen LogP contribution in [0, 0.1) is 0 Å². The fourth-order valence-electron chi connectivity index (χ4n) is 6.05. The van der Waals surface area contributed by atoms with Crippen molar-refractivity contribution >= 4 is 7.82 Å². The van der Waals surface area contributed by atoms with Crippen molar-refractivity contribution in [1.82, 2.24) is 0 Å². The second kappa shape index (κ2) is 38.7. The van der Waals surface area contributed by atoms with E-state index in [1.54, 1.807) is 0 Å². The Morgan fingerprint density at radius 2 is 0.885 bits per heavy atom. The van der Waals surface area contributed by atoms with Gasteiger partial charge in [0, 0.05) is 13.2 Å². The zero-order valence-electron chi connectivity index (χ0n) is 35.3. The second-order valence-electron chi connectivity index (χ2n) is 16.1. The van der Waals surface area contributed by atoms with Gasteiger partial charge in [0.25, 0.3) is 0 Å². The number of phosphoric ester groups is 1. The van der Waals surface area contributed by atoms with Crippen LogP contribution in [0.5, 0.6) is 0 Å². The van der Waals surface area contributed by atoms with Crippen molar-refractivity contribution in [2.24, 2.45) is 0 Å². The van der Waals surface area contributed by atoms with Crippen LogP contribution in [0.4, 0.5) is 0 Å². The molecule has 0 aromatic rings. The summed E-state index contributed by atoms with van der Waals surface area (Å²) in [5.41, 5.74) is 0. The first kappa shape index (κ1) is 51.5. The molecular formula is C44H89NO6P+. The molecule has 1 unspecified atom stereocenters. The summed E-state index contributed by atoms with van der Waals surface area (Å²) in [6, 6.07) is 0. The average Bonchev–Trinajstić information content (AvgIpc) is 3.10. The number of hydrogen-bond acceptors (Lipinski definition) is 5. The maximum atomic E-state index is 12.5. The Balaban J connectivity index is 4.11. The number of allylic oxidation sites excluding steroid dienone is 4. The van der Waals surface area contributed by atoms with Crippen molar-refractivity contribution in [3.63, 3.8) is 0 Å². The molecule has 0 rings (SSSR count). The molecule has 0 aliphatic rings. The second-order valence-corrected chi connectivity index (χ2v) is 17.5. The topological polar surface area (TPSA) is 74.2 Å². The predicted octanol–water partition coefficient (Wildman–Crippen LogP) is 13.3. The standard InChI is InChI=1S/C44H88NO6P/c1-6-8-10-12-14-16-18-20-22-24-26-28-30-32-34-36-39-48-42-44(43-51-52(46,47)50-41-38-45(3,4)5)49-40-37-35-33-31-29-27-25-23-21-19-17-15-13-11-9-7-2/h20-23,44H,6-19,24-43H2,1-5H3/p+1/t44-/m1/s1. The minimum atomic E-state index is -4.14. The number of quaternary nitrogens is 1. The SMILES string of the molecule is CCCCCCCCC=CCCCCCCCCOC[C@H](COP(=O)(O)OCC[N+](C)(C)C)OCCCCCCCCC=CCCCCCCCC. The molecule has 0 spiro atoms. The lowest BCUT2D eigenvalue weighted by atomic mass is 10.1. The summed E-state index contributed by atoms with van der Waals surface area (Å²) in [4.78, 5) is 10.2. The van der Waals surface area contributed by atoms with E-state index in [9.17, 15) is 9.46 Å². The van der Waals surface area contributed by atoms with Gasteiger partial charge in [0.05, 0.1) is 34.4 Å². The van der Waals surface area contributed by atoms with E-state index in [2.05, 4.69) is 38.2 Å². The first-order chi connectivity index (χ1) is 25.2. The Morgan fingerprint density at radius 3 is 1.31 bits per heavy atom. The van der Waals surface area contributed by atoms with E-state index in [1.807, 2.05) is 21.1 Å². The summed E-state index contributed by atoms with van der Waals surface area (Å²) in [5, 5.41) is 0. The van der Waals surface area contributed by atoms with Gasteiger partial charge in [-0.1, -0.05) is 154 Å². The molecule has 0 saturated heterocycles. The third-order valence-electron chi connectivity index (χ3n) is 9.55. The highest BCUT2D eigenvalue weighted by Gasteiger charge is 2.25. The van der Waals surface area contributed by atoms with Crippen LogP contribution in [0.2, 0.25) is 0 Å². The summed E-state index contributed by atoms with van der Waals surface area (Å²) in [5.74, 6) is 0. The third kappa shape index (κ3) is 42.2. The van der Waals surface area contributed by atoms with Crippen LogP contribution in [-0.4, -0.2) is 76.2 Å². The van der Waals surface area contributed by atoms with Gasteiger partial charge in [0.2, 0.25) is 0 Å². The van der Waals surface area contributed by atoms with Gasteiger partial charge in [-0.3, -0.25) is 9.05 Å². The maximum Gasteiger partial charge on any atom is 0.472 e. The molecule has 0 aliphatic carbocycles. The molecule has 52 heavy (non-hydrogen) atoms. The summed E-state index contributed by atoms with van der Waals surface area (Å²) in [7, 11) is 1.90. The van der Waals surface area contributed by atoms with Crippen LogP contribution in [0.1, 0.15) is 194 Å². The van der Waals surface area contributed by atoms with Gasteiger partial charge >= 0.3 is 7.82 Å². The van der Waals surface area contributed by atoms with Crippen LogP contribution < -0.4 is 0 Å². The van der Waals surface area contributed by atoms with Crippen LogP contribution in [0.15, 0.2) is 24.3 Å². The highest BCUT2D eigenvalue weighted by molar-refractivity contribution is 7.47. The van der Waals surface area contributed by atoms with Gasteiger partial charge in [-0.15, -0.1) is 0 Å². The van der Waals surface area contributed by atoms with Crippen molar-refractivity contribution < 1.29 is 32.5 Å². The molecule has 0 saturated carbocycles. The normalized spacial score (nSPS) is 14.2. The lowest BCUT2D eigenvalue weighted by molar-refractivity contribution is -0.870. The smallest absolute Gasteiger partial charge is 0.379 e. The number of hydrogen-bond donors (Lipinski definition) is 1. The molecule has 2 atom stereocenters. The molecule has 0 amide bonds. The van der Waals surface area contributed by atoms with Gasteiger partial charge in [0.15, 0.2) is 0 Å². The number of rotatable bonds is 42. The molecule has 0 aliphatic heterocycles. The molecule has 0 bridgehead atoms. The minimum absolute atomic E-state index is 0.0159. The fraction of sp³-hybridized carbons (Fsp3) is 0.909. The van der Waals surface area contributed by atoms with Crippen LogP contribution in [-0.2, 0) is 23.1 Å². The average molecular weight is 759 g/mol. The van der Waals surface area contributed by atoms with E-state index in [0.717, 1.165) is 25.7 Å². The first-order valence-corrected chi connectivity index (χ1v) is 23.6. The van der Waals surface area contributed by atoms with E-state index in [4.69, 9.17) is 18.5 Å². The number of unbranched alkanes of at least 4 members (excludes halogenated alkanes) is 24. The minimum Gasteiger partial charge on any atom is -0.379 e. The number of likely N-dealkylation sites (N-methyl/N-ethyl adjacent to an activating group) is 1. The molecule has 0 radical (unpaired) electrons. The number of ether oxygens (including phenoxy) is 2. The quantitative estimate of drug-likeness (QED) is 0.0289. The monoisotopic (exact) mass is 759 g/mol. The third-order valence-corrected chi connectivity index (χ3v) is 10.5. The largest absolute Gasteiger partial charge is 0.472 e. The van der Waals surface area contributed by atoms with Gasteiger partial charge < -0.3 is 18.9 Å². The Morgan fingerprint density at radius 1 is 0.500 bits per heavy atom. The van der Waals surface area contributed by atoms with E-state index >= 15 is 0 Å². The summed E-state index contributed by atoms with van der Waals surface area (Å²) in [6.07, 6.45) is 44.9. The Hall–Kier alpha value is -0.530. The van der Waals surface area contributed by atoms with Crippen molar-refractivity contribution in [3.05, 3.63) is 24.3 Å². The highest BCUT2D eigenvalue weighted by Crippen LogP contribution is 2.43. The Kier molecular flexibility index (Phi) is 38.3. The van der Waals surface area contributed by atoms with Crippen molar-refractivity contribution in [1.29, 1.82) is 0 Å². The van der Waals surface area contributed by atoms with Crippen molar-refractivity contribution in [2.45, 2.75) is 200 Å². The van der Waals surface area contributed by atoms with Crippen LogP contribution in [0.3, 0.4) is 0 Å². The zero-order valence-corrected chi connectivity index (χ0v) is 36.2. The Bertz CT molecular complexity index is 830. The molecule has 0 aromatic carbocycles. The molecule has 310 valence electrons. The molecule has 0 aromatic heterocycles. The molecule has 1 N–H and O–H groups in total. The van der Waals surface area contributed by atoms with Gasteiger partial charge in [-0.05, 0) is 64.2 Å². The molecule has 0 fully saturated rings. The maximum absolute atomic E-state index is 12.5. The van der Waals surface area contributed by atoms with Crippen molar-refractivity contribution in [3.8, 4) is 0 Å². The van der Waals surface area contributed by atoms with Crippen LogP contribution >= 0.6 is 7.82 Å². The molecule has 0 heterocycles. The van der Waals surface area contributed by atoms with E-state index < -0.39 is 7.82 Å². The van der Waals surface area contributed by atoms with E-state index in [-0.39, 0.29) is 19.3 Å². The molecule has 7 nitrogen and oxygen atoms in total. The molecular weight excluding hydrogens is 669 g/mol.